The van der Waals surface area contributed by atoms with Gasteiger partial charge >= 0.3 is 0 Å². The van der Waals surface area contributed by atoms with Gasteiger partial charge in [-0.3, -0.25) is 9.59 Å². The van der Waals surface area contributed by atoms with Crippen LogP contribution in [0.15, 0.2) is 67.3 Å². The smallest absolute Gasteiger partial charge is 0.247 e. The summed E-state index contributed by atoms with van der Waals surface area (Å²) in [6.45, 7) is 9.45. The highest BCUT2D eigenvalue weighted by Gasteiger charge is 2.24. The lowest BCUT2D eigenvalue weighted by molar-refractivity contribution is -0.119. The monoisotopic (exact) mass is 390 g/mol. The standard InChI is InChI=1S/C23H26N4O2/c1-5-21(28)24-17(4)23-25-19-13-9-10-14-20(19)26(23)15-22(29)27(16(2)3)18-11-7-6-8-12-18/h5-14,16-17H,1,15H2,2-4H3,(H,24,28). The Kier molecular flexibility index (Phi) is 6.12. The minimum atomic E-state index is -0.370. The van der Waals surface area contributed by atoms with Gasteiger partial charge in [0.1, 0.15) is 12.4 Å². The minimum absolute atomic E-state index is 0.000952. The third-order valence-electron chi connectivity index (χ3n) is 4.73. The Morgan fingerprint density at radius 3 is 2.41 bits per heavy atom. The van der Waals surface area contributed by atoms with Crippen molar-refractivity contribution in [3.63, 3.8) is 0 Å². The van der Waals surface area contributed by atoms with E-state index in [1.54, 1.807) is 4.90 Å². The summed E-state index contributed by atoms with van der Waals surface area (Å²) >= 11 is 0. The number of anilines is 1. The lowest BCUT2D eigenvalue weighted by Gasteiger charge is -2.28. The molecule has 2 aromatic carbocycles. The zero-order valence-electron chi connectivity index (χ0n) is 17.0. The molecule has 0 radical (unpaired) electrons. The van der Waals surface area contributed by atoms with Crippen LogP contribution in [0.25, 0.3) is 11.0 Å². The van der Waals surface area contributed by atoms with E-state index in [0.717, 1.165) is 16.7 Å². The van der Waals surface area contributed by atoms with Crippen LogP contribution >= 0.6 is 0 Å². The number of aromatic nitrogens is 2. The number of amides is 2. The summed E-state index contributed by atoms with van der Waals surface area (Å²) in [7, 11) is 0. The predicted molar refractivity (Wildman–Crippen MR) is 116 cm³/mol. The van der Waals surface area contributed by atoms with Crippen LogP contribution in [0.4, 0.5) is 5.69 Å². The molecule has 0 saturated carbocycles. The van der Waals surface area contributed by atoms with Crippen molar-refractivity contribution in [2.24, 2.45) is 0 Å². The third kappa shape index (κ3) is 4.37. The van der Waals surface area contributed by atoms with Crippen molar-refractivity contribution in [3.05, 3.63) is 73.1 Å². The molecule has 1 atom stereocenters. The average molecular weight is 390 g/mol. The summed E-state index contributed by atoms with van der Waals surface area (Å²) in [6.07, 6.45) is 1.23. The Labute approximate surface area is 170 Å². The minimum Gasteiger partial charge on any atom is -0.343 e. The Morgan fingerprint density at radius 2 is 1.76 bits per heavy atom. The van der Waals surface area contributed by atoms with Gasteiger partial charge in [-0.2, -0.15) is 0 Å². The van der Waals surface area contributed by atoms with E-state index >= 15 is 0 Å². The second-order valence-electron chi connectivity index (χ2n) is 7.17. The number of carbonyl (C=O) groups is 2. The molecule has 0 saturated heterocycles. The largest absolute Gasteiger partial charge is 0.343 e. The molecule has 0 bridgehead atoms. The summed E-state index contributed by atoms with van der Waals surface area (Å²) in [5, 5.41) is 2.84. The van der Waals surface area contributed by atoms with Gasteiger partial charge < -0.3 is 14.8 Å². The van der Waals surface area contributed by atoms with Gasteiger partial charge in [0.15, 0.2) is 0 Å². The first-order chi connectivity index (χ1) is 13.9. The third-order valence-corrected chi connectivity index (χ3v) is 4.73. The maximum absolute atomic E-state index is 13.3. The molecule has 6 heteroatoms. The Balaban J connectivity index is 1.99. The van der Waals surface area contributed by atoms with E-state index in [9.17, 15) is 9.59 Å². The highest BCUT2D eigenvalue weighted by Crippen LogP contribution is 2.23. The molecule has 0 aliphatic heterocycles. The topological polar surface area (TPSA) is 67.2 Å². The summed E-state index contributed by atoms with van der Waals surface area (Å²) in [5.41, 5.74) is 2.49. The molecule has 0 aliphatic rings. The SMILES string of the molecule is C=CC(=O)NC(C)c1nc2ccccc2n1CC(=O)N(c1ccccc1)C(C)C. The molecular formula is C23H26N4O2. The number of rotatable bonds is 7. The number of fused-ring (bicyclic) bond motifs is 1. The number of para-hydroxylation sites is 3. The van der Waals surface area contributed by atoms with Crippen LogP contribution in [0.2, 0.25) is 0 Å². The van der Waals surface area contributed by atoms with E-state index in [1.807, 2.05) is 79.9 Å². The molecule has 1 heterocycles. The Hall–Kier alpha value is -3.41. The van der Waals surface area contributed by atoms with Crippen molar-refractivity contribution in [2.45, 2.75) is 39.4 Å². The number of nitrogens with one attached hydrogen (secondary N) is 1. The fourth-order valence-corrected chi connectivity index (χ4v) is 3.46. The fourth-order valence-electron chi connectivity index (χ4n) is 3.46. The second kappa shape index (κ2) is 8.73. The summed E-state index contributed by atoms with van der Waals surface area (Å²) in [4.78, 5) is 31.6. The van der Waals surface area contributed by atoms with Crippen molar-refractivity contribution >= 4 is 28.5 Å². The Morgan fingerprint density at radius 1 is 1.10 bits per heavy atom. The van der Waals surface area contributed by atoms with Crippen molar-refractivity contribution in [1.29, 1.82) is 0 Å². The fraction of sp³-hybridized carbons (Fsp3) is 0.261. The molecule has 1 N–H and O–H groups in total. The van der Waals surface area contributed by atoms with Crippen molar-refractivity contribution in [1.82, 2.24) is 14.9 Å². The van der Waals surface area contributed by atoms with Gasteiger partial charge in [0.25, 0.3) is 0 Å². The van der Waals surface area contributed by atoms with Gasteiger partial charge in [-0.15, -0.1) is 0 Å². The number of benzene rings is 2. The molecule has 3 rings (SSSR count). The van der Waals surface area contributed by atoms with E-state index < -0.39 is 0 Å². The summed E-state index contributed by atoms with van der Waals surface area (Å²) < 4.78 is 1.88. The summed E-state index contributed by atoms with van der Waals surface area (Å²) in [5.74, 6) is 0.305. The number of carbonyl (C=O) groups excluding carboxylic acids is 2. The quantitative estimate of drug-likeness (QED) is 0.623. The van der Waals surface area contributed by atoms with Crippen molar-refractivity contribution in [2.75, 3.05) is 4.90 Å². The molecule has 2 amide bonds. The molecule has 1 aromatic heterocycles. The van der Waals surface area contributed by atoms with Crippen LogP contribution in [-0.2, 0) is 16.1 Å². The average Bonchev–Trinajstić information content (AvgIpc) is 3.07. The van der Waals surface area contributed by atoms with Crippen LogP contribution in [0, 0.1) is 0 Å². The molecule has 150 valence electrons. The van der Waals surface area contributed by atoms with Crippen molar-refractivity contribution in [3.8, 4) is 0 Å². The zero-order chi connectivity index (χ0) is 21.0. The van der Waals surface area contributed by atoms with Crippen LogP contribution in [0.5, 0.6) is 0 Å². The van der Waals surface area contributed by atoms with Crippen molar-refractivity contribution < 1.29 is 9.59 Å². The van der Waals surface area contributed by atoms with Gasteiger partial charge in [0, 0.05) is 11.7 Å². The van der Waals surface area contributed by atoms with E-state index in [1.165, 1.54) is 6.08 Å². The number of hydrogen-bond acceptors (Lipinski definition) is 3. The molecule has 1 unspecified atom stereocenters. The first kappa shape index (κ1) is 20.3. The van der Waals surface area contributed by atoms with Gasteiger partial charge in [-0.1, -0.05) is 36.9 Å². The number of imidazole rings is 1. The van der Waals surface area contributed by atoms with Gasteiger partial charge in [-0.25, -0.2) is 4.98 Å². The molecule has 0 aliphatic carbocycles. The lowest BCUT2D eigenvalue weighted by Crippen LogP contribution is -2.39. The Bertz CT molecular complexity index is 1020. The van der Waals surface area contributed by atoms with Crippen LogP contribution in [-0.4, -0.2) is 27.4 Å². The van der Waals surface area contributed by atoms with E-state index in [-0.39, 0.29) is 30.4 Å². The highest BCUT2D eigenvalue weighted by atomic mass is 16.2. The van der Waals surface area contributed by atoms with Gasteiger partial charge in [-0.05, 0) is 51.1 Å². The maximum atomic E-state index is 13.3. The molecular weight excluding hydrogens is 364 g/mol. The normalized spacial score (nSPS) is 12.0. The first-order valence-electron chi connectivity index (χ1n) is 9.67. The molecule has 0 fully saturated rings. The van der Waals surface area contributed by atoms with Crippen LogP contribution in [0.3, 0.4) is 0 Å². The number of hydrogen-bond donors (Lipinski definition) is 1. The van der Waals surface area contributed by atoms with Crippen LogP contribution < -0.4 is 10.2 Å². The molecule has 6 nitrogen and oxygen atoms in total. The van der Waals surface area contributed by atoms with E-state index in [2.05, 4.69) is 16.9 Å². The van der Waals surface area contributed by atoms with Gasteiger partial charge in [0.2, 0.25) is 11.8 Å². The van der Waals surface area contributed by atoms with Gasteiger partial charge in [0.05, 0.1) is 17.1 Å². The lowest BCUT2D eigenvalue weighted by atomic mass is 10.2. The zero-order valence-corrected chi connectivity index (χ0v) is 17.0. The van der Waals surface area contributed by atoms with Crippen LogP contribution in [0.1, 0.15) is 32.6 Å². The molecule has 0 spiro atoms. The molecule has 29 heavy (non-hydrogen) atoms. The summed E-state index contributed by atoms with van der Waals surface area (Å²) in [6, 6.07) is 16.9. The first-order valence-corrected chi connectivity index (χ1v) is 9.67. The van der Waals surface area contributed by atoms with E-state index in [4.69, 9.17) is 0 Å². The second-order valence-corrected chi connectivity index (χ2v) is 7.17. The maximum Gasteiger partial charge on any atom is 0.247 e. The number of nitrogens with zero attached hydrogens (tertiary/aromatic N) is 3. The van der Waals surface area contributed by atoms with E-state index in [0.29, 0.717) is 5.82 Å². The highest BCUT2D eigenvalue weighted by molar-refractivity contribution is 5.94. The molecule has 3 aromatic rings. The predicted octanol–water partition coefficient (Wildman–Crippen LogP) is 3.84.